The third kappa shape index (κ3) is 2.96. The van der Waals surface area contributed by atoms with Crippen LogP contribution in [0.4, 0.5) is 11.4 Å². The summed E-state index contributed by atoms with van der Waals surface area (Å²) in [6.45, 7) is 6.59. The summed E-state index contributed by atoms with van der Waals surface area (Å²) in [5.74, 6) is 0. The van der Waals surface area contributed by atoms with E-state index in [-0.39, 0.29) is 10.6 Å². The van der Waals surface area contributed by atoms with Gasteiger partial charge in [0.05, 0.1) is 4.92 Å². The molecule has 0 heterocycles. The monoisotopic (exact) mass is 270 g/mol. The molecule has 2 aromatic rings. The van der Waals surface area contributed by atoms with Gasteiger partial charge in [0.15, 0.2) is 0 Å². The maximum Gasteiger partial charge on any atom is 0.274 e. The summed E-state index contributed by atoms with van der Waals surface area (Å²) in [6.07, 6.45) is 0. The molecule has 0 fully saturated rings. The molecule has 2 rings (SSSR count). The van der Waals surface area contributed by atoms with Gasteiger partial charge in [0.25, 0.3) is 5.69 Å². The number of nitrogens with zero attached hydrogens (tertiary/aromatic N) is 1. The second-order valence-electron chi connectivity index (χ2n) is 5.01. The average molecular weight is 270 g/mol. The third-order valence-electron chi connectivity index (χ3n) is 3.32. The van der Waals surface area contributed by atoms with E-state index in [1.807, 2.05) is 19.9 Å². The minimum Gasteiger partial charge on any atom is -0.380 e. The Morgan fingerprint density at radius 2 is 1.70 bits per heavy atom. The highest BCUT2D eigenvalue weighted by Gasteiger charge is 2.12. The van der Waals surface area contributed by atoms with E-state index in [1.165, 1.54) is 11.6 Å². The van der Waals surface area contributed by atoms with Crippen molar-refractivity contribution < 1.29 is 4.92 Å². The molecule has 0 spiro atoms. The molecule has 20 heavy (non-hydrogen) atoms. The van der Waals surface area contributed by atoms with Crippen LogP contribution >= 0.6 is 0 Å². The maximum absolute atomic E-state index is 11.0. The van der Waals surface area contributed by atoms with Gasteiger partial charge in [-0.15, -0.1) is 0 Å². The van der Waals surface area contributed by atoms with Crippen LogP contribution in [0.25, 0.3) is 0 Å². The van der Waals surface area contributed by atoms with Gasteiger partial charge in [-0.1, -0.05) is 35.9 Å². The van der Waals surface area contributed by atoms with Crippen molar-refractivity contribution >= 4 is 11.4 Å². The van der Waals surface area contributed by atoms with Gasteiger partial charge in [0, 0.05) is 23.9 Å². The van der Waals surface area contributed by atoms with Crippen molar-refractivity contribution in [1.29, 1.82) is 0 Å². The predicted octanol–water partition coefficient (Wildman–Crippen LogP) is 4.13. The topological polar surface area (TPSA) is 55.2 Å². The Morgan fingerprint density at radius 3 is 2.30 bits per heavy atom. The van der Waals surface area contributed by atoms with E-state index in [9.17, 15) is 10.1 Å². The molecule has 0 aliphatic heterocycles. The van der Waals surface area contributed by atoms with Crippen LogP contribution in [-0.4, -0.2) is 4.92 Å². The van der Waals surface area contributed by atoms with Crippen molar-refractivity contribution in [2.24, 2.45) is 0 Å². The lowest BCUT2D eigenvalue weighted by molar-refractivity contribution is -0.385. The third-order valence-corrected chi connectivity index (χ3v) is 3.32. The lowest BCUT2D eigenvalue weighted by Gasteiger charge is -2.14. The Bertz CT molecular complexity index is 628. The van der Waals surface area contributed by atoms with E-state index < -0.39 is 0 Å². The fraction of sp³-hybridized carbons (Fsp3) is 0.250. The van der Waals surface area contributed by atoms with Crippen molar-refractivity contribution in [2.45, 2.75) is 27.3 Å². The number of anilines is 1. The van der Waals surface area contributed by atoms with Crippen molar-refractivity contribution in [2.75, 3.05) is 5.32 Å². The lowest BCUT2D eigenvalue weighted by Crippen LogP contribution is -2.05. The molecule has 104 valence electrons. The summed E-state index contributed by atoms with van der Waals surface area (Å²) in [6, 6.07) is 11.0. The molecule has 0 saturated heterocycles. The second-order valence-corrected chi connectivity index (χ2v) is 5.01. The number of aryl methyl sites for hydroxylation is 3. The number of nitro benzene ring substituents is 1. The van der Waals surface area contributed by atoms with Crippen LogP contribution in [-0.2, 0) is 6.54 Å². The van der Waals surface area contributed by atoms with Gasteiger partial charge in [-0.3, -0.25) is 10.1 Å². The van der Waals surface area contributed by atoms with Gasteiger partial charge in [-0.2, -0.15) is 0 Å². The number of hydrogen-bond donors (Lipinski definition) is 1. The van der Waals surface area contributed by atoms with Crippen molar-refractivity contribution in [3.8, 4) is 0 Å². The molecule has 0 unspecified atom stereocenters. The van der Waals surface area contributed by atoms with E-state index in [2.05, 4.69) is 24.4 Å². The minimum absolute atomic E-state index is 0.155. The van der Waals surface area contributed by atoms with E-state index >= 15 is 0 Å². The zero-order valence-corrected chi connectivity index (χ0v) is 11.9. The van der Waals surface area contributed by atoms with Crippen molar-refractivity contribution in [3.63, 3.8) is 0 Å². The van der Waals surface area contributed by atoms with Gasteiger partial charge in [0.2, 0.25) is 0 Å². The first-order valence-corrected chi connectivity index (χ1v) is 6.53. The van der Waals surface area contributed by atoms with Gasteiger partial charge in [-0.25, -0.2) is 0 Å². The molecule has 0 radical (unpaired) electrons. The molecular weight excluding hydrogens is 252 g/mol. The highest BCUT2D eigenvalue weighted by molar-refractivity contribution is 5.59. The number of nitro groups is 1. The zero-order chi connectivity index (χ0) is 14.7. The first-order valence-electron chi connectivity index (χ1n) is 6.53. The summed E-state index contributed by atoms with van der Waals surface area (Å²) < 4.78 is 0. The average Bonchev–Trinajstić information content (AvgIpc) is 2.37. The summed E-state index contributed by atoms with van der Waals surface area (Å²) >= 11 is 0. The largest absolute Gasteiger partial charge is 0.380 e. The molecule has 0 saturated carbocycles. The Balaban J connectivity index is 2.24. The molecule has 0 aromatic heterocycles. The number of para-hydroxylation sites is 1. The van der Waals surface area contributed by atoms with Crippen LogP contribution in [0.3, 0.4) is 0 Å². The Hall–Kier alpha value is -2.36. The molecular formula is C16H18N2O2. The smallest absolute Gasteiger partial charge is 0.274 e. The number of benzene rings is 2. The molecule has 0 aliphatic carbocycles. The molecule has 4 heteroatoms. The van der Waals surface area contributed by atoms with Crippen molar-refractivity contribution in [3.05, 3.63) is 68.8 Å². The SMILES string of the molecule is Cc1cc(C)c(NCc2ccccc2[N+](=O)[O-])c(C)c1. The van der Waals surface area contributed by atoms with Gasteiger partial charge >= 0.3 is 0 Å². The number of hydrogen-bond acceptors (Lipinski definition) is 3. The fourth-order valence-electron chi connectivity index (χ4n) is 2.48. The maximum atomic E-state index is 11.0. The highest BCUT2D eigenvalue weighted by atomic mass is 16.6. The molecule has 0 bridgehead atoms. The van der Waals surface area contributed by atoms with Crippen LogP contribution in [0.5, 0.6) is 0 Å². The van der Waals surface area contributed by atoms with Gasteiger partial charge in [0.1, 0.15) is 0 Å². The van der Waals surface area contributed by atoms with Crippen molar-refractivity contribution in [1.82, 2.24) is 0 Å². The summed E-state index contributed by atoms with van der Waals surface area (Å²) in [5, 5.41) is 14.3. The van der Waals surface area contributed by atoms with E-state index in [0.29, 0.717) is 12.1 Å². The van der Waals surface area contributed by atoms with Gasteiger partial charge in [-0.05, 0) is 31.9 Å². The zero-order valence-electron chi connectivity index (χ0n) is 11.9. The number of rotatable bonds is 4. The van der Waals surface area contributed by atoms with E-state index in [1.54, 1.807) is 12.1 Å². The first kappa shape index (κ1) is 14.1. The van der Waals surface area contributed by atoms with Crippen LogP contribution in [0.15, 0.2) is 36.4 Å². The molecule has 4 nitrogen and oxygen atoms in total. The predicted molar refractivity (Wildman–Crippen MR) is 81.1 cm³/mol. The van der Waals surface area contributed by atoms with Crippen LogP contribution < -0.4 is 5.32 Å². The number of nitrogens with one attached hydrogen (secondary N) is 1. The quantitative estimate of drug-likeness (QED) is 0.671. The molecule has 0 amide bonds. The summed E-state index contributed by atoms with van der Waals surface area (Å²) in [4.78, 5) is 10.6. The fourth-order valence-corrected chi connectivity index (χ4v) is 2.48. The normalized spacial score (nSPS) is 10.3. The second kappa shape index (κ2) is 5.74. The summed E-state index contributed by atoms with van der Waals surface area (Å²) in [5.41, 5.74) is 5.42. The minimum atomic E-state index is -0.341. The lowest BCUT2D eigenvalue weighted by atomic mass is 10.0. The highest BCUT2D eigenvalue weighted by Crippen LogP contribution is 2.24. The Kier molecular flexibility index (Phi) is 4.03. The standard InChI is InChI=1S/C16H18N2O2/c1-11-8-12(2)16(13(3)9-11)17-10-14-6-4-5-7-15(14)18(19)20/h4-9,17H,10H2,1-3H3. The summed E-state index contributed by atoms with van der Waals surface area (Å²) in [7, 11) is 0. The van der Waals surface area contributed by atoms with Crippen LogP contribution in [0, 0.1) is 30.9 Å². The van der Waals surface area contributed by atoms with E-state index in [0.717, 1.165) is 16.8 Å². The molecule has 1 N–H and O–H groups in total. The van der Waals surface area contributed by atoms with E-state index in [4.69, 9.17) is 0 Å². The van der Waals surface area contributed by atoms with Gasteiger partial charge < -0.3 is 5.32 Å². The molecule has 0 aliphatic rings. The molecule has 2 aromatic carbocycles. The Morgan fingerprint density at radius 1 is 1.10 bits per heavy atom. The van der Waals surface area contributed by atoms with Crippen LogP contribution in [0.1, 0.15) is 22.3 Å². The Labute approximate surface area is 118 Å². The van der Waals surface area contributed by atoms with Crippen LogP contribution in [0.2, 0.25) is 0 Å². The first-order chi connectivity index (χ1) is 9.49. The molecule has 0 atom stereocenters.